The molecule has 1 aromatic carbocycles. The van der Waals surface area contributed by atoms with Gasteiger partial charge in [-0.15, -0.1) is 0 Å². The second-order valence-electron chi connectivity index (χ2n) is 4.84. The minimum Gasteiger partial charge on any atom is -0.381 e. The van der Waals surface area contributed by atoms with E-state index < -0.39 is 0 Å². The number of fused-ring (bicyclic) bond motifs is 1. The Kier molecular flexibility index (Phi) is 4.97. The van der Waals surface area contributed by atoms with Crippen LogP contribution in [0.2, 0.25) is 0 Å². The van der Waals surface area contributed by atoms with Crippen molar-refractivity contribution in [2.45, 2.75) is 13.3 Å². The SMILES string of the molecule is Cc1c(-c2ccc(F)cc2)nc(N)c2nc(CCOSI)nn12. The van der Waals surface area contributed by atoms with E-state index in [1.54, 1.807) is 16.6 Å². The Labute approximate surface area is 148 Å². The molecule has 3 rings (SSSR count). The quantitative estimate of drug-likeness (QED) is 0.369. The van der Waals surface area contributed by atoms with Crippen molar-refractivity contribution in [3.05, 3.63) is 41.6 Å². The molecule has 0 fully saturated rings. The van der Waals surface area contributed by atoms with Gasteiger partial charge in [0.15, 0.2) is 17.3 Å². The first-order valence-corrected chi connectivity index (χ1v) is 10.1. The van der Waals surface area contributed by atoms with Crippen LogP contribution in [0.25, 0.3) is 16.9 Å². The van der Waals surface area contributed by atoms with Gasteiger partial charge in [0.1, 0.15) is 5.82 Å². The van der Waals surface area contributed by atoms with Crippen LogP contribution in [0.5, 0.6) is 0 Å². The van der Waals surface area contributed by atoms with Crippen molar-refractivity contribution in [3.8, 4) is 11.3 Å². The second kappa shape index (κ2) is 6.97. The molecular formula is C14H13FIN5OS. The van der Waals surface area contributed by atoms with Crippen LogP contribution in [-0.2, 0) is 10.6 Å². The van der Waals surface area contributed by atoms with Crippen LogP contribution in [0.1, 0.15) is 11.5 Å². The summed E-state index contributed by atoms with van der Waals surface area (Å²) in [5.41, 5.74) is 8.77. The molecule has 3 aromatic rings. The molecule has 120 valence electrons. The van der Waals surface area contributed by atoms with E-state index in [4.69, 9.17) is 9.92 Å². The average Bonchev–Trinajstić information content (AvgIpc) is 2.97. The Morgan fingerprint density at radius 2 is 2.04 bits per heavy atom. The van der Waals surface area contributed by atoms with Crippen molar-refractivity contribution in [1.82, 2.24) is 19.6 Å². The molecule has 0 saturated heterocycles. The smallest absolute Gasteiger partial charge is 0.198 e. The molecule has 0 spiro atoms. The molecule has 0 bridgehead atoms. The fourth-order valence-electron chi connectivity index (χ4n) is 2.26. The molecule has 2 aromatic heterocycles. The molecule has 0 amide bonds. The van der Waals surface area contributed by atoms with Crippen molar-refractivity contribution in [2.75, 3.05) is 12.3 Å². The number of aromatic nitrogens is 4. The normalized spacial score (nSPS) is 11.3. The van der Waals surface area contributed by atoms with Gasteiger partial charge in [-0.3, -0.25) is 0 Å². The van der Waals surface area contributed by atoms with Crippen molar-refractivity contribution in [1.29, 1.82) is 0 Å². The van der Waals surface area contributed by atoms with Gasteiger partial charge in [-0.2, -0.15) is 5.10 Å². The summed E-state index contributed by atoms with van der Waals surface area (Å²) in [6.45, 7) is 2.40. The Balaban J connectivity index is 2.04. The fraction of sp³-hybridized carbons (Fsp3) is 0.214. The molecule has 6 nitrogen and oxygen atoms in total. The van der Waals surface area contributed by atoms with Crippen LogP contribution in [0.4, 0.5) is 10.2 Å². The predicted octanol–water partition coefficient (Wildman–Crippen LogP) is 3.38. The highest BCUT2D eigenvalue weighted by atomic mass is 127. The number of hydrogen-bond acceptors (Lipinski definition) is 6. The first kappa shape index (κ1) is 16.4. The Morgan fingerprint density at radius 3 is 2.74 bits per heavy atom. The van der Waals surface area contributed by atoms with Gasteiger partial charge in [-0.1, -0.05) is 0 Å². The van der Waals surface area contributed by atoms with Gasteiger partial charge in [-0.05, 0) is 31.2 Å². The van der Waals surface area contributed by atoms with E-state index in [1.165, 1.54) is 21.3 Å². The lowest BCUT2D eigenvalue weighted by atomic mass is 10.1. The molecule has 2 heterocycles. The molecule has 23 heavy (non-hydrogen) atoms. The van der Waals surface area contributed by atoms with E-state index in [9.17, 15) is 4.39 Å². The molecule has 0 aliphatic heterocycles. The van der Waals surface area contributed by atoms with Crippen LogP contribution in [0.3, 0.4) is 0 Å². The molecule has 0 aliphatic rings. The first-order valence-electron chi connectivity index (χ1n) is 6.78. The third-order valence-corrected chi connectivity index (χ3v) is 4.36. The van der Waals surface area contributed by atoms with Crippen LogP contribution in [0, 0.1) is 12.7 Å². The summed E-state index contributed by atoms with van der Waals surface area (Å²) in [6, 6.07) is 6.11. The number of aryl methyl sites for hydroxylation is 1. The van der Waals surface area contributed by atoms with Crippen LogP contribution in [0.15, 0.2) is 24.3 Å². The fourth-order valence-corrected chi connectivity index (χ4v) is 2.94. The van der Waals surface area contributed by atoms with Crippen LogP contribution in [-0.4, -0.2) is 26.2 Å². The summed E-state index contributed by atoms with van der Waals surface area (Å²) in [7, 11) is 1.27. The first-order chi connectivity index (χ1) is 11.1. The maximum Gasteiger partial charge on any atom is 0.198 e. The monoisotopic (exact) mass is 445 g/mol. The molecule has 9 heteroatoms. The third-order valence-electron chi connectivity index (χ3n) is 3.34. The number of anilines is 1. The molecule has 0 unspecified atom stereocenters. The van der Waals surface area contributed by atoms with E-state index in [0.717, 1.165) is 11.3 Å². The lowest BCUT2D eigenvalue weighted by molar-refractivity contribution is 0.381. The summed E-state index contributed by atoms with van der Waals surface area (Å²) in [5, 5.41) is 4.47. The van der Waals surface area contributed by atoms with E-state index in [2.05, 4.69) is 36.3 Å². The number of halogens is 2. The molecule has 0 aliphatic carbocycles. The summed E-state index contributed by atoms with van der Waals surface area (Å²) < 4.78 is 20.0. The summed E-state index contributed by atoms with van der Waals surface area (Å²) in [6.07, 6.45) is 0.586. The third kappa shape index (κ3) is 3.40. The van der Waals surface area contributed by atoms with E-state index in [1.807, 2.05) is 6.92 Å². The van der Waals surface area contributed by atoms with Gasteiger partial charge in [0, 0.05) is 33.2 Å². The van der Waals surface area contributed by atoms with E-state index in [-0.39, 0.29) is 11.6 Å². The minimum absolute atomic E-state index is 0.290. The van der Waals surface area contributed by atoms with Crippen molar-refractivity contribution in [2.24, 2.45) is 0 Å². The molecule has 0 saturated carbocycles. The zero-order valence-electron chi connectivity index (χ0n) is 12.2. The zero-order chi connectivity index (χ0) is 16.4. The number of nitrogens with zero attached hydrogens (tertiary/aromatic N) is 4. The van der Waals surface area contributed by atoms with Crippen molar-refractivity contribution >= 4 is 41.9 Å². The molecular weight excluding hydrogens is 432 g/mol. The number of hydrogen-bond donors (Lipinski definition) is 1. The van der Waals surface area contributed by atoms with Crippen molar-refractivity contribution in [3.63, 3.8) is 0 Å². The van der Waals surface area contributed by atoms with Crippen molar-refractivity contribution < 1.29 is 8.57 Å². The summed E-state index contributed by atoms with van der Waals surface area (Å²) >= 11 is 2.06. The van der Waals surface area contributed by atoms with Gasteiger partial charge in [0.25, 0.3) is 0 Å². The number of nitrogen functional groups attached to an aromatic ring is 1. The number of rotatable bonds is 5. The van der Waals surface area contributed by atoms with Gasteiger partial charge in [0.05, 0.1) is 27.2 Å². The molecule has 2 N–H and O–H groups in total. The van der Waals surface area contributed by atoms with E-state index in [0.29, 0.717) is 30.2 Å². The Bertz CT molecular complexity index is 839. The highest BCUT2D eigenvalue weighted by Crippen LogP contribution is 2.24. The second-order valence-corrected chi connectivity index (χ2v) is 6.28. The lowest BCUT2D eigenvalue weighted by Gasteiger charge is -2.08. The van der Waals surface area contributed by atoms with Gasteiger partial charge < -0.3 is 9.92 Å². The topological polar surface area (TPSA) is 78.3 Å². The predicted molar refractivity (Wildman–Crippen MR) is 96.6 cm³/mol. The maximum absolute atomic E-state index is 13.1. The summed E-state index contributed by atoms with van der Waals surface area (Å²) in [4.78, 5) is 8.81. The number of nitrogens with two attached hydrogens (primary N) is 1. The van der Waals surface area contributed by atoms with Gasteiger partial charge in [-0.25, -0.2) is 18.9 Å². The standard InChI is InChI=1S/C14H13FIN5OS/c1-8-12(9-2-4-10(15)5-3-9)19-13(17)14-18-11(20-21(8)14)6-7-22-23-16/h2-5H,6-7H2,1H3,(H2,17,19). The minimum atomic E-state index is -0.295. The molecule has 0 atom stereocenters. The average molecular weight is 445 g/mol. The highest BCUT2D eigenvalue weighted by Gasteiger charge is 2.15. The van der Waals surface area contributed by atoms with Gasteiger partial charge in [0.2, 0.25) is 0 Å². The Morgan fingerprint density at radius 1 is 1.30 bits per heavy atom. The molecule has 0 radical (unpaired) electrons. The van der Waals surface area contributed by atoms with Gasteiger partial charge >= 0.3 is 0 Å². The zero-order valence-corrected chi connectivity index (χ0v) is 15.1. The van der Waals surface area contributed by atoms with Crippen LogP contribution < -0.4 is 5.73 Å². The Hall–Kier alpha value is -1.46. The van der Waals surface area contributed by atoms with Crippen LogP contribution >= 0.6 is 30.4 Å². The lowest BCUT2D eigenvalue weighted by Crippen LogP contribution is -2.04. The summed E-state index contributed by atoms with van der Waals surface area (Å²) in [5.74, 6) is 0.637. The number of benzene rings is 1. The largest absolute Gasteiger partial charge is 0.381 e. The maximum atomic E-state index is 13.1. The van der Waals surface area contributed by atoms with E-state index >= 15 is 0 Å². The highest BCUT2D eigenvalue weighted by molar-refractivity contribution is 14.2.